The van der Waals surface area contributed by atoms with Crippen LogP contribution in [0, 0.1) is 0 Å². The fraction of sp³-hybridized carbons (Fsp3) is 0.625. The third-order valence-electron chi connectivity index (χ3n) is 4.04. The van der Waals surface area contributed by atoms with Crippen molar-refractivity contribution < 1.29 is 8.95 Å². The second-order valence-electron chi connectivity index (χ2n) is 5.84. The van der Waals surface area contributed by atoms with Gasteiger partial charge in [0.15, 0.2) is 0 Å². The molecule has 2 aliphatic rings. The Morgan fingerprint density at radius 2 is 1.90 bits per heavy atom. The normalized spacial score (nSPS) is 20.6. The van der Waals surface area contributed by atoms with Crippen LogP contribution in [0.2, 0.25) is 0 Å². The number of nitrogens with one attached hydrogen (secondary N) is 1. The maximum absolute atomic E-state index is 11.3. The van der Waals surface area contributed by atoms with Crippen LogP contribution in [0.5, 0.6) is 5.75 Å². The summed E-state index contributed by atoms with van der Waals surface area (Å²) in [6.45, 7) is 4.44. The molecule has 4 nitrogen and oxygen atoms in total. The van der Waals surface area contributed by atoms with E-state index >= 15 is 0 Å². The Morgan fingerprint density at radius 1 is 1.19 bits per heavy atom. The number of hydrogen-bond acceptors (Lipinski definition) is 4. The molecule has 0 unspecified atom stereocenters. The van der Waals surface area contributed by atoms with Gasteiger partial charge in [0.1, 0.15) is 12.4 Å². The summed E-state index contributed by atoms with van der Waals surface area (Å²) in [6, 6.07) is 9.12. The van der Waals surface area contributed by atoms with E-state index in [1.54, 1.807) is 0 Å². The van der Waals surface area contributed by atoms with Crippen molar-refractivity contribution in [3.05, 3.63) is 29.8 Å². The van der Waals surface area contributed by atoms with Crippen LogP contribution in [0.1, 0.15) is 18.4 Å². The van der Waals surface area contributed by atoms with Crippen molar-refractivity contribution in [3.63, 3.8) is 0 Å². The molecule has 0 spiro atoms. The Hall–Kier alpha value is -0.910. The first kappa shape index (κ1) is 15.0. The minimum atomic E-state index is -0.595. The van der Waals surface area contributed by atoms with Gasteiger partial charge in [-0.3, -0.25) is 9.11 Å². The third kappa shape index (κ3) is 5.09. The van der Waals surface area contributed by atoms with Crippen molar-refractivity contribution in [2.75, 3.05) is 37.7 Å². The van der Waals surface area contributed by atoms with Gasteiger partial charge in [0, 0.05) is 54.5 Å². The molecule has 116 valence electrons. The molecule has 1 aromatic carbocycles. The van der Waals surface area contributed by atoms with E-state index in [0.29, 0.717) is 6.61 Å². The molecule has 1 aromatic rings. The number of ether oxygens (including phenoxy) is 1. The summed E-state index contributed by atoms with van der Waals surface area (Å²) in [5.74, 6) is 2.55. The number of rotatable bonds is 7. The van der Waals surface area contributed by atoms with E-state index in [9.17, 15) is 4.21 Å². The molecule has 21 heavy (non-hydrogen) atoms. The van der Waals surface area contributed by atoms with Crippen molar-refractivity contribution in [1.82, 2.24) is 10.2 Å². The fourth-order valence-electron chi connectivity index (χ4n) is 2.45. The van der Waals surface area contributed by atoms with Gasteiger partial charge in [-0.1, -0.05) is 12.1 Å². The quantitative estimate of drug-likeness (QED) is 0.826. The van der Waals surface area contributed by atoms with E-state index in [2.05, 4.69) is 34.5 Å². The SMILES string of the molecule is O=S1CCN(CCOc2ccc(CNC3CC3)cc2)CC1. The summed E-state index contributed by atoms with van der Waals surface area (Å²) in [5.41, 5.74) is 1.31. The highest BCUT2D eigenvalue weighted by molar-refractivity contribution is 7.85. The Labute approximate surface area is 129 Å². The van der Waals surface area contributed by atoms with Crippen LogP contribution in [-0.2, 0) is 17.3 Å². The first-order valence-corrected chi connectivity index (χ1v) is 9.31. The lowest BCUT2D eigenvalue weighted by molar-refractivity contribution is 0.221. The minimum absolute atomic E-state index is 0.595. The van der Waals surface area contributed by atoms with Crippen molar-refractivity contribution in [2.24, 2.45) is 0 Å². The van der Waals surface area contributed by atoms with Crippen LogP contribution < -0.4 is 10.1 Å². The Bertz CT molecular complexity index is 464. The summed E-state index contributed by atoms with van der Waals surface area (Å²) in [5, 5.41) is 3.51. The first-order chi connectivity index (χ1) is 10.3. The van der Waals surface area contributed by atoms with Gasteiger partial charge in [-0.05, 0) is 30.5 Å². The van der Waals surface area contributed by atoms with Gasteiger partial charge < -0.3 is 10.1 Å². The van der Waals surface area contributed by atoms with Crippen LogP contribution in [0.3, 0.4) is 0 Å². The number of hydrogen-bond donors (Lipinski definition) is 1. The molecule has 0 bridgehead atoms. The predicted octanol–water partition coefficient (Wildman–Crippen LogP) is 1.38. The average molecular weight is 308 g/mol. The standard InChI is InChI=1S/C16H24N2O2S/c19-21-11-8-18(9-12-21)7-10-20-16-5-1-14(2-6-16)13-17-15-3-4-15/h1-2,5-6,15,17H,3-4,7-13H2. The van der Waals surface area contributed by atoms with Gasteiger partial charge in [0.05, 0.1) is 0 Å². The Balaban J connectivity index is 1.35. The smallest absolute Gasteiger partial charge is 0.119 e. The van der Waals surface area contributed by atoms with E-state index in [1.807, 2.05) is 0 Å². The topological polar surface area (TPSA) is 41.6 Å². The van der Waals surface area contributed by atoms with Crippen LogP contribution >= 0.6 is 0 Å². The molecule has 1 aliphatic carbocycles. The summed E-state index contributed by atoms with van der Waals surface area (Å²) in [7, 11) is -0.595. The van der Waals surface area contributed by atoms with E-state index in [1.165, 1.54) is 18.4 Å². The average Bonchev–Trinajstić information content (AvgIpc) is 3.33. The van der Waals surface area contributed by atoms with Crippen molar-refractivity contribution in [2.45, 2.75) is 25.4 Å². The summed E-state index contributed by atoms with van der Waals surface area (Å²) < 4.78 is 17.1. The van der Waals surface area contributed by atoms with Crippen LogP contribution in [-0.4, -0.2) is 52.9 Å². The number of benzene rings is 1. The maximum Gasteiger partial charge on any atom is 0.119 e. The fourth-order valence-corrected chi connectivity index (χ4v) is 3.57. The molecule has 1 heterocycles. The molecule has 5 heteroatoms. The zero-order valence-electron chi connectivity index (χ0n) is 12.4. The van der Waals surface area contributed by atoms with Gasteiger partial charge in [0.2, 0.25) is 0 Å². The zero-order valence-corrected chi connectivity index (χ0v) is 13.2. The van der Waals surface area contributed by atoms with E-state index in [0.717, 1.165) is 49.5 Å². The number of nitrogens with zero attached hydrogens (tertiary/aromatic N) is 1. The van der Waals surface area contributed by atoms with Crippen molar-refractivity contribution in [1.29, 1.82) is 0 Å². The molecule has 0 radical (unpaired) electrons. The van der Waals surface area contributed by atoms with Gasteiger partial charge >= 0.3 is 0 Å². The van der Waals surface area contributed by atoms with Gasteiger partial charge in [0.25, 0.3) is 0 Å². The van der Waals surface area contributed by atoms with Gasteiger partial charge in [-0.15, -0.1) is 0 Å². The first-order valence-electron chi connectivity index (χ1n) is 7.82. The molecular formula is C16H24N2O2S. The summed E-state index contributed by atoms with van der Waals surface area (Å²) in [6.07, 6.45) is 2.65. The van der Waals surface area contributed by atoms with Gasteiger partial charge in [-0.25, -0.2) is 0 Å². The minimum Gasteiger partial charge on any atom is -0.492 e. The monoisotopic (exact) mass is 308 g/mol. The zero-order chi connectivity index (χ0) is 14.5. The second-order valence-corrected chi connectivity index (χ2v) is 7.53. The van der Waals surface area contributed by atoms with Crippen LogP contribution in [0.15, 0.2) is 24.3 Å². The van der Waals surface area contributed by atoms with E-state index < -0.39 is 10.8 Å². The van der Waals surface area contributed by atoms with Crippen molar-refractivity contribution >= 4 is 10.8 Å². The molecule has 2 fully saturated rings. The lowest BCUT2D eigenvalue weighted by Crippen LogP contribution is -2.39. The molecule has 3 rings (SSSR count). The summed E-state index contributed by atoms with van der Waals surface area (Å²) >= 11 is 0. The molecule has 1 saturated heterocycles. The Morgan fingerprint density at radius 3 is 2.57 bits per heavy atom. The molecule has 1 aliphatic heterocycles. The van der Waals surface area contributed by atoms with E-state index in [-0.39, 0.29) is 0 Å². The largest absolute Gasteiger partial charge is 0.492 e. The second kappa shape index (κ2) is 7.38. The Kier molecular flexibility index (Phi) is 5.27. The predicted molar refractivity (Wildman–Crippen MR) is 86.1 cm³/mol. The molecule has 0 amide bonds. The van der Waals surface area contributed by atoms with Gasteiger partial charge in [-0.2, -0.15) is 0 Å². The highest BCUT2D eigenvalue weighted by Crippen LogP contribution is 2.20. The lowest BCUT2D eigenvalue weighted by atomic mass is 10.2. The third-order valence-corrected chi connectivity index (χ3v) is 5.32. The van der Waals surface area contributed by atoms with Crippen LogP contribution in [0.4, 0.5) is 0 Å². The van der Waals surface area contributed by atoms with Crippen molar-refractivity contribution in [3.8, 4) is 5.75 Å². The molecular weight excluding hydrogens is 284 g/mol. The van der Waals surface area contributed by atoms with Crippen LogP contribution in [0.25, 0.3) is 0 Å². The molecule has 0 aromatic heterocycles. The highest BCUT2D eigenvalue weighted by Gasteiger charge is 2.19. The highest BCUT2D eigenvalue weighted by atomic mass is 32.2. The molecule has 0 atom stereocenters. The maximum atomic E-state index is 11.3. The molecule has 1 saturated carbocycles. The van der Waals surface area contributed by atoms with E-state index in [4.69, 9.17) is 4.74 Å². The molecule has 1 N–H and O–H groups in total. The lowest BCUT2D eigenvalue weighted by Gasteiger charge is -2.25. The summed E-state index contributed by atoms with van der Waals surface area (Å²) in [4.78, 5) is 2.33.